The van der Waals surface area contributed by atoms with Crippen molar-refractivity contribution in [3.63, 3.8) is 0 Å². The lowest BCUT2D eigenvalue weighted by molar-refractivity contribution is 0.0992. The third kappa shape index (κ3) is 3.06. The molecule has 0 fully saturated rings. The van der Waals surface area contributed by atoms with Gasteiger partial charge in [0.15, 0.2) is 5.69 Å². The molecule has 3 aromatic rings. The summed E-state index contributed by atoms with van der Waals surface area (Å²) >= 11 is 1.12. The zero-order valence-electron chi connectivity index (χ0n) is 14.6. The minimum atomic E-state index is -0.685. The number of aromatic nitrogens is 7. The van der Waals surface area contributed by atoms with E-state index in [0.717, 1.165) is 23.1 Å². The summed E-state index contributed by atoms with van der Waals surface area (Å²) < 4.78 is 11.2. The molecule has 2 amide bonds. The van der Waals surface area contributed by atoms with Crippen molar-refractivity contribution >= 4 is 29.2 Å². The maximum absolute atomic E-state index is 12.6. The first-order valence-electron chi connectivity index (χ1n) is 7.62. The van der Waals surface area contributed by atoms with E-state index in [1.165, 1.54) is 4.68 Å². The summed E-state index contributed by atoms with van der Waals surface area (Å²) in [6.07, 6.45) is 0. The van der Waals surface area contributed by atoms with Gasteiger partial charge in [-0.3, -0.25) is 14.3 Å². The van der Waals surface area contributed by atoms with Crippen LogP contribution in [-0.4, -0.2) is 45.3 Å². The predicted octanol–water partition coefficient (Wildman–Crippen LogP) is 0.188. The highest BCUT2D eigenvalue weighted by molar-refractivity contribution is 6.99. The van der Waals surface area contributed by atoms with Crippen LogP contribution in [0.15, 0.2) is 0 Å². The molecule has 0 saturated heterocycles. The monoisotopic (exact) mass is 375 g/mol. The Labute approximate surface area is 152 Å². The van der Waals surface area contributed by atoms with Gasteiger partial charge in [0, 0.05) is 7.05 Å². The van der Waals surface area contributed by atoms with Gasteiger partial charge >= 0.3 is 0 Å². The van der Waals surface area contributed by atoms with Gasteiger partial charge in [0.05, 0.1) is 46.7 Å². The Hall–Kier alpha value is -3.15. The zero-order chi connectivity index (χ0) is 19.0. The Morgan fingerprint density at radius 1 is 1.19 bits per heavy atom. The van der Waals surface area contributed by atoms with Crippen LogP contribution < -0.4 is 11.1 Å². The maximum atomic E-state index is 12.6. The van der Waals surface area contributed by atoms with Gasteiger partial charge in [-0.2, -0.15) is 13.8 Å². The normalized spacial score (nSPS) is 10.9. The van der Waals surface area contributed by atoms with Crippen molar-refractivity contribution < 1.29 is 9.59 Å². The molecule has 0 aromatic carbocycles. The van der Waals surface area contributed by atoms with Crippen molar-refractivity contribution in [1.82, 2.24) is 33.5 Å². The topological polar surface area (TPSA) is 146 Å². The van der Waals surface area contributed by atoms with Crippen LogP contribution in [0.1, 0.15) is 43.8 Å². The summed E-state index contributed by atoms with van der Waals surface area (Å²) in [5, 5.41) is 14.7. The summed E-state index contributed by atoms with van der Waals surface area (Å²) in [6.45, 7) is 5.63. The fourth-order valence-corrected chi connectivity index (χ4v) is 3.08. The van der Waals surface area contributed by atoms with Gasteiger partial charge < -0.3 is 11.1 Å². The standard InChI is InChI=1S/C14H17N9O2S/c1-6-9(20-26-19-6)5-23-8(3)11(17-21-23)14(25)16-10-7(2)18-22(4)12(10)13(15)24/h5H2,1-4H3,(H2,15,24)(H,16,25). The minimum Gasteiger partial charge on any atom is -0.364 e. The highest BCUT2D eigenvalue weighted by Gasteiger charge is 2.23. The molecule has 3 rings (SSSR count). The molecule has 0 aliphatic rings. The zero-order valence-corrected chi connectivity index (χ0v) is 15.5. The van der Waals surface area contributed by atoms with Gasteiger partial charge in [-0.05, 0) is 20.8 Å². The maximum Gasteiger partial charge on any atom is 0.278 e. The molecular formula is C14H17N9O2S. The Bertz CT molecular complexity index is 1000. The lowest BCUT2D eigenvalue weighted by Crippen LogP contribution is -2.21. The van der Waals surface area contributed by atoms with Crippen molar-refractivity contribution in [1.29, 1.82) is 0 Å². The summed E-state index contributed by atoms with van der Waals surface area (Å²) in [7, 11) is 1.58. The lowest BCUT2D eigenvalue weighted by Gasteiger charge is -2.06. The number of anilines is 1. The minimum absolute atomic E-state index is 0.116. The fraction of sp³-hybridized carbons (Fsp3) is 0.357. The number of nitrogens with zero attached hydrogens (tertiary/aromatic N) is 7. The van der Waals surface area contributed by atoms with E-state index in [0.29, 0.717) is 17.9 Å². The number of rotatable bonds is 5. The molecule has 11 nitrogen and oxygen atoms in total. The highest BCUT2D eigenvalue weighted by Crippen LogP contribution is 2.20. The van der Waals surface area contributed by atoms with Crippen LogP contribution >= 0.6 is 11.7 Å². The number of hydrogen-bond acceptors (Lipinski definition) is 8. The number of hydrogen-bond donors (Lipinski definition) is 2. The Balaban J connectivity index is 1.86. The molecule has 0 saturated carbocycles. The second-order valence-corrected chi connectivity index (χ2v) is 6.26. The van der Waals surface area contributed by atoms with Crippen LogP contribution in [0.3, 0.4) is 0 Å². The average Bonchev–Trinajstić information content (AvgIpc) is 3.20. The Kier molecular flexibility index (Phi) is 4.50. The molecule has 0 aliphatic carbocycles. The number of carbonyl (C=O) groups excluding carboxylic acids is 2. The third-order valence-corrected chi connectivity index (χ3v) is 4.60. The smallest absolute Gasteiger partial charge is 0.278 e. The molecule has 12 heteroatoms. The summed E-state index contributed by atoms with van der Waals surface area (Å²) in [6, 6.07) is 0. The molecule has 136 valence electrons. The largest absolute Gasteiger partial charge is 0.364 e. The predicted molar refractivity (Wildman–Crippen MR) is 92.9 cm³/mol. The van der Waals surface area contributed by atoms with Crippen molar-refractivity contribution in [2.45, 2.75) is 27.3 Å². The fourth-order valence-electron chi connectivity index (χ4n) is 2.52. The van der Waals surface area contributed by atoms with Crippen LogP contribution in [-0.2, 0) is 13.6 Å². The van der Waals surface area contributed by atoms with Crippen molar-refractivity contribution in [3.8, 4) is 0 Å². The van der Waals surface area contributed by atoms with Gasteiger partial charge in [-0.25, -0.2) is 4.68 Å². The molecule has 0 aliphatic heterocycles. The molecular weight excluding hydrogens is 358 g/mol. The summed E-state index contributed by atoms with van der Waals surface area (Å²) in [5.74, 6) is -1.18. The number of nitrogens with one attached hydrogen (secondary N) is 1. The molecule has 0 radical (unpaired) electrons. The van der Waals surface area contributed by atoms with E-state index in [1.807, 2.05) is 6.92 Å². The molecule has 0 atom stereocenters. The van der Waals surface area contributed by atoms with Gasteiger partial charge in [0.25, 0.3) is 11.8 Å². The molecule has 0 spiro atoms. The van der Waals surface area contributed by atoms with E-state index in [4.69, 9.17) is 5.73 Å². The first kappa shape index (κ1) is 17.7. The van der Waals surface area contributed by atoms with Crippen molar-refractivity contribution in [2.24, 2.45) is 12.8 Å². The molecule has 26 heavy (non-hydrogen) atoms. The number of amides is 2. The van der Waals surface area contributed by atoms with Crippen molar-refractivity contribution in [2.75, 3.05) is 5.32 Å². The number of primary amides is 1. The molecule has 0 unspecified atom stereocenters. The Morgan fingerprint density at radius 3 is 2.54 bits per heavy atom. The van der Waals surface area contributed by atoms with Gasteiger partial charge in [-0.1, -0.05) is 5.21 Å². The number of aryl methyl sites for hydroxylation is 3. The van der Waals surface area contributed by atoms with Crippen molar-refractivity contribution in [3.05, 3.63) is 34.2 Å². The van der Waals surface area contributed by atoms with Crippen LogP contribution in [0.4, 0.5) is 5.69 Å². The van der Waals surface area contributed by atoms with Crippen LogP contribution in [0, 0.1) is 20.8 Å². The third-order valence-electron chi connectivity index (χ3n) is 3.94. The second kappa shape index (κ2) is 6.63. The van der Waals surface area contributed by atoms with E-state index < -0.39 is 11.8 Å². The van der Waals surface area contributed by atoms with E-state index in [9.17, 15) is 9.59 Å². The molecule has 3 N–H and O–H groups in total. The van der Waals surface area contributed by atoms with E-state index >= 15 is 0 Å². The molecule has 3 aromatic heterocycles. The molecule has 0 bridgehead atoms. The SMILES string of the molecule is Cc1nsnc1Cn1nnc(C(=O)Nc2c(C)nn(C)c2C(N)=O)c1C. The van der Waals surface area contributed by atoms with Crippen LogP contribution in [0.2, 0.25) is 0 Å². The number of carbonyl (C=O) groups is 2. The van der Waals surface area contributed by atoms with E-state index in [2.05, 4.69) is 29.5 Å². The Morgan fingerprint density at radius 2 is 1.92 bits per heavy atom. The van der Waals surface area contributed by atoms with Crippen LogP contribution in [0.5, 0.6) is 0 Å². The van der Waals surface area contributed by atoms with Gasteiger partial charge in [0.1, 0.15) is 5.69 Å². The lowest BCUT2D eigenvalue weighted by atomic mass is 10.2. The second-order valence-electron chi connectivity index (χ2n) is 5.73. The van der Waals surface area contributed by atoms with Gasteiger partial charge in [-0.15, -0.1) is 5.10 Å². The van der Waals surface area contributed by atoms with Crippen LogP contribution in [0.25, 0.3) is 0 Å². The summed E-state index contributed by atoms with van der Waals surface area (Å²) in [4.78, 5) is 24.2. The summed E-state index contributed by atoms with van der Waals surface area (Å²) in [5.41, 5.74) is 8.52. The molecule has 3 heterocycles. The highest BCUT2D eigenvalue weighted by atomic mass is 32.1. The first-order chi connectivity index (χ1) is 12.3. The quantitative estimate of drug-likeness (QED) is 0.647. The number of nitrogens with two attached hydrogens (primary N) is 1. The van der Waals surface area contributed by atoms with E-state index in [-0.39, 0.29) is 17.1 Å². The average molecular weight is 375 g/mol. The van der Waals surface area contributed by atoms with E-state index in [1.54, 1.807) is 25.6 Å². The van der Waals surface area contributed by atoms with Gasteiger partial charge in [0.2, 0.25) is 0 Å². The first-order valence-corrected chi connectivity index (χ1v) is 8.35.